The normalized spacial score (nSPS) is 12.8. The van der Waals surface area contributed by atoms with Crippen molar-refractivity contribution in [3.8, 4) is 0 Å². The van der Waals surface area contributed by atoms with E-state index in [1.165, 1.54) is 11.8 Å². The van der Waals surface area contributed by atoms with Gasteiger partial charge in [-0.1, -0.05) is 31.2 Å². The molecule has 2 aromatic rings. The van der Waals surface area contributed by atoms with E-state index >= 15 is 0 Å². The number of nitrogens with zero attached hydrogens (tertiary/aromatic N) is 3. The van der Waals surface area contributed by atoms with Gasteiger partial charge >= 0.3 is 5.97 Å². The summed E-state index contributed by atoms with van der Waals surface area (Å²) in [6.07, 6.45) is 3.30. The van der Waals surface area contributed by atoms with E-state index in [4.69, 9.17) is 5.11 Å². The molecular weight excluding hydrogens is 238 g/mol. The molecular formula is C11H13N3O2S. The summed E-state index contributed by atoms with van der Waals surface area (Å²) in [4.78, 5) is 11.1. The Labute approximate surface area is 103 Å². The monoisotopic (exact) mass is 251 g/mol. The van der Waals surface area contributed by atoms with E-state index in [0.717, 1.165) is 12.1 Å². The molecule has 5 nitrogen and oxygen atoms in total. The molecule has 0 amide bonds. The third-order valence-corrected chi connectivity index (χ3v) is 3.57. The molecule has 0 saturated heterocycles. The van der Waals surface area contributed by atoms with Crippen LogP contribution in [0, 0.1) is 0 Å². The summed E-state index contributed by atoms with van der Waals surface area (Å²) in [7, 11) is 0. The Hall–Kier alpha value is -1.56. The van der Waals surface area contributed by atoms with Gasteiger partial charge in [0.1, 0.15) is 5.25 Å². The van der Waals surface area contributed by atoms with Gasteiger partial charge in [0.05, 0.1) is 0 Å². The summed E-state index contributed by atoms with van der Waals surface area (Å²) in [5, 5.41) is 17.3. The Bertz CT molecular complexity index is 526. The fraction of sp³-hybridized carbons (Fsp3) is 0.364. The number of carboxylic acids is 1. The minimum Gasteiger partial charge on any atom is -0.480 e. The standard InChI is InChI=1S/C11H13N3O2S/c1-2-5-8(10(15)16)17-11-13-12-9-6-3-4-7-14(9)11/h3-4,6-8H,2,5H2,1H3,(H,15,16). The minimum absolute atomic E-state index is 0.465. The smallest absolute Gasteiger partial charge is 0.317 e. The van der Waals surface area contributed by atoms with E-state index in [9.17, 15) is 4.79 Å². The van der Waals surface area contributed by atoms with Gasteiger partial charge in [-0.15, -0.1) is 10.2 Å². The van der Waals surface area contributed by atoms with Gasteiger partial charge in [-0.25, -0.2) is 0 Å². The van der Waals surface area contributed by atoms with Crippen LogP contribution >= 0.6 is 11.8 Å². The number of thioether (sulfide) groups is 1. The van der Waals surface area contributed by atoms with Crippen LogP contribution in [-0.4, -0.2) is 30.9 Å². The molecule has 0 aromatic carbocycles. The number of fused-ring (bicyclic) bond motifs is 1. The van der Waals surface area contributed by atoms with Crippen molar-refractivity contribution in [2.45, 2.75) is 30.2 Å². The average molecular weight is 251 g/mol. The third kappa shape index (κ3) is 2.58. The fourth-order valence-electron chi connectivity index (χ4n) is 1.52. The van der Waals surface area contributed by atoms with Gasteiger partial charge in [0.25, 0.3) is 0 Å². The zero-order valence-electron chi connectivity index (χ0n) is 9.41. The largest absolute Gasteiger partial charge is 0.480 e. The van der Waals surface area contributed by atoms with E-state index in [-0.39, 0.29) is 0 Å². The zero-order chi connectivity index (χ0) is 12.3. The lowest BCUT2D eigenvalue weighted by atomic mass is 10.2. The highest BCUT2D eigenvalue weighted by Crippen LogP contribution is 2.25. The molecule has 6 heteroatoms. The van der Waals surface area contributed by atoms with Crippen molar-refractivity contribution in [3.63, 3.8) is 0 Å². The second-order valence-electron chi connectivity index (χ2n) is 3.64. The predicted octanol–water partition coefficient (Wildman–Crippen LogP) is 2.07. The van der Waals surface area contributed by atoms with Gasteiger partial charge in [0.15, 0.2) is 10.8 Å². The summed E-state index contributed by atoms with van der Waals surface area (Å²) in [6.45, 7) is 1.97. The number of hydrogen-bond donors (Lipinski definition) is 1. The molecule has 0 fully saturated rings. The van der Waals surface area contributed by atoms with Crippen molar-refractivity contribution in [3.05, 3.63) is 24.4 Å². The van der Waals surface area contributed by atoms with Crippen molar-refractivity contribution in [1.82, 2.24) is 14.6 Å². The number of aromatic nitrogens is 3. The summed E-state index contributed by atoms with van der Waals surface area (Å²) in [5.41, 5.74) is 0.732. The predicted molar refractivity (Wildman–Crippen MR) is 65.2 cm³/mol. The van der Waals surface area contributed by atoms with Crippen LogP contribution in [0.2, 0.25) is 0 Å². The van der Waals surface area contributed by atoms with Crippen LogP contribution in [0.1, 0.15) is 19.8 Å². The fourth-order valence-corrected chi connectivity index (χ4v) is 2.59. The highest BCUT2D eigenvalue weighted by atomic mass is 32.2. The first kappa shape index (κ1) is 11.9. The lowest BCUT2D eigenvalue weighted by molar-refractivity contribution is -0.136. The molecule has 1 atom stereocenters. The van der Waals surface area contributed by atoms with Crippen molar-refractivity contribution >= 4 is 23.4 Å². The Balaban J connectivity index is 2.25. The Morgan fingerprint density at radius 2 is 2.35 bits per heavy atom. The molecule has 2 heterocycles. The molecule has 0 bridgehead atoms. The van der Waals surface area contributed by atoms with Gasteiger partial charge in [0.2, 0.25) is 0 Å². The molecule has 2 aromatic heterocycles. The van der Waals surface area contributed by atoms with E-state index in [1.54, 1.807) is 4.40 Å². The van der Waals surface area contributed by atoms with Crippen LogP contribution in [0.4, 0.5) is 0 Å². The number of carboxylic acid groups (broad SMARTS) is 1. The summed E-state index contributed by atoms with van der Waals surface area (Å²) in [5.74, 6) is -0.801. The maximum Gasteiger partial charge on any atom is 0.317 e. The highest BCUT2D eigenvalue weighted by Gasteiger charge is 2.20. The highest BCUT2D eigenvalue weighted by molar-refractivity contribution is 8.00. The molecule has 0 aliphatic rings. The molecule has 0 aliphatic carbocycles. The van der Waals surface area contributed by atoms with Gasteiger partial charge < -0.3 is 5.11 Å². The Kier molecular flexibility index (Phi) is 3.63. The number of aliphatic carboxylic acids is 1. The van der Waals surface area contributed by atoms with Gasteiger partial charge in [0, 0.05) is 6.20 Å². The maximum absolute atomic E-state index is 11.1. The Morgan fingerprint density at radius 3 is 3.06 bits per heavy atom. The van der Waals surface area contributed by atoms with Gasteiger partial charge in [-0.3, -0.25) is 9.20 Å². The molecule has 90 valence electrons. The quantitative estimate of drug-likeness (QED) is 0.824. The summed E-state index contributed by atoms with van der Waals surface area (Å²) < 4.78 is 1.80. The second-order valence-corrected chi connectivity index (χ2v) is 4.81. The van der Waals surface area contributed by atoms with Crippen LogP contribution < -0.4 is 0 Å². The number of pyridine rings is 1. The van der Waals surface area contributed by atoms with E-state index in [2.05, 4.69) is 10.2 Å². The third-order valence-electron chi connectivity index (χ3n) is 2.36. The molecule has 1 N–H and O–H groups in total. The van der Waals surface area contributed by atoms with E-state index in [1.807, 2.05) is 31.3 Å². The molecule has 0 aliphatic heterocycles. The topological polar surface area (TPSA) is 67.5 Å². The lowest BCUT2D eigenvalue weighted by Gasteiger charge is -2.08. The first-order chi connectivity index (χ1) is 8.22. The molecule has 0 radical (unpaired) electrons. The molecule has 1 unspecified atom stereocenters. The molecule has 0 saturated carbocycles. The minimum atomic E-state index is -0.801. The number of rotatable bonds is 5. The van der Waals surface area contributed by atoms with Crippen LogP contribution in [0.15, 0.2) is 29.6 Å². The summed E-state index contributed by atoms with van der Waals surface area (Å²) >= 11 is 1.25. The molecule has 0 spiro atoms. The Morgan fingerprint density at radius 1 is 1.53 bits per heavy atom. The summed E-state index contributed by atoms with van der Waals surface area (Å²) in [6, 6.07) is 5.59. The van der Waals surface area contributed by atoms with Gasteiger partial charge in [-0.05, 0) is 18.6 Å². The number of carbonyl (C=O) groups is 1. The van der Waals surface area contributed by atoms with Crippen molar-refractivity contribution in [2.24, 2.45) is 0 Å². The van der Waals surface area contributed by atoms with Crippen molar-refractivity contribution < 1.29 is 9.90 Å². The SMILES string of the molecule is CCCC(Sc1nnc2ccccn12)C(=O)O. The van der Waals surface area contributed by atoms with E-state index < -0.39 is 11.2 Å². The van der Waals surface area contributed by atoms with Crippen LogP contribution in [0.5, 0.6) is 0 Å². The second kappa shape index (κ2) is 5.18. The first-order valence-electron chi connectivity index (χ1n) is 5.41. The van der Waals surface area contributed by atoms with Gasteiger partial charge in [-0.2, -0.15) is 0 Å². The van der Waals surface area contributed by atoms with Crippen LogP contribution in [0.25, 0.3) is 5.65 Å². The van der Waals surface area contributed by atoms with E-state index in [0.29, 0.717) is 11.6 Å². The lowest BCUT2D eigenvalue weighted by Crippen LogP contribution is -2.16. The molecule has 17 heavy (non-hydrogen) atoms. The molecule has 2 rings (SSSR count). The van der Waals surface area contributed by atoms with Crippen molar-refractivity contribution in [2.75, 3.05) is 0 Å². The van der Waals surface area contributed by atoms with Crippen LogP contribution in [0.3, 0.4) is 0 Å². The van der Waals surface area contributed by atoms with Crippen LogP contribution in [-0.2, 0) is 4.79 Å². The maximum atomic E-state index is 11.1. The zero-order valence-corrected chi connectivity index (χ0v) is 10.2. The number of hydrogen-bond acceptors (Lipinski definition) is 4. The van der Waals surface area contributed by atoms with Crippen molar-refractivity contribution in [1.29, 1.82) is 0 Å². The average Bonchev–Trinajstić information content (AvgIpc) is 2.72. The first-order valence-corrected chi connectivity index (χ1v) is 6.29.